The van der Waals surface area contributed by atoms with Gasteiger partial charge in [0.25, 0.3) is 11.8 Å². The van der Waals surface area contributed by atoms with Crippen molar-refractivity contribution in [3.63, 3.8) is 0 Å². The van der Waals surface area contributed by atoms with E-state index in [2.05, 4.69) is 5.32 Å². The maximum atomic E-state index is 13.7. The van der Waals surface area contributed by atoms with Crippen LogP contribution in [0.2, 0.25) is 0 Å². The minimum Gasteiger partial charge on any atom is -0.350 e. The summed E-state index contributed by atoms with van der Waals surface area (Å²) in [4.78, 5) is 27.6. The summed E-state index contributed by atoms with van der Waals surface area (Å²) in [5, 5.41) is 4.81. The lowest BCUT2D eigenvalue weighted by Crippen LogP contribution is -2.32. The van der Waals surface area contributed by atoms with E-state index in [1.165, 1.54) is 17.4 Å². The molecule has 0 radical (unpaired) electrons. The number of aryl methyl sites for hydroxylation is 1. The van der Waals surface area contributed by atoms with E-state index in [1.54, 1.807) is 29.6 Å². The van der Waals surface area contributed by atoms with Gasteiger partial charge in [0.05, 0.1) is 11.3 Å². The van der Waals surface area contributed by atoms with Crippen molar-refractivity contribution in [1.29, 1.82) is 0 Å². The van der Waals surface area contributed by atoms with Crippen LogP contribution in [-0.4, -0.2) is 11.8 Å². The van der Waals surface area contributed by atoms with E-state index >= 15 is 0 Å². The van der Waals surface area contributed by atoms with Crippen molar-refractivity contribution in [2.75, 3.05) is 10.2 Å². The van der Waals surface area contributed by atoms with Crippen LogP contribution < -0.4 is 10.2 Å². The highest BCUT2D eigenvalue weighted by Gasteiger charge is 2.41. The number of benzene rings is 2. The van der Waals surface area contributed by atoms with Crippen LogP contribution in [0.4, 0.5) is 20.2 Å². The lowest BCUT2D eigenvalue weighted by atomic mass is 10.1. The second-order valence-corrected chi connectivity index (χ2v) is 7.21. The Kier molecular flexibility index (Phi) is 4.52. The number of nitrogens with one attached hydrogen (secondary N) is 1. The molecule has 2 heterocycles. The number of hydrogen-bond donors (Lipinski definition) is 1. The van der Waals surface area contributed by atoms with Gasteiger partial charge in [-0.2, -0.15) is 0 Å². The number of carbonyl (C=O) groups excluding carboxylic acids is 2. The Morgan fingerprint density at radius 1 is 0.929 bits per heavy atom. The van der Waals surface area contributed by atoms with E-state index in [9.17, 15) is 18.4 Å². The van der Waals surface area contributed by atoms with Crippen LogP contribution in [-0.2, 0) is 9.59 Å². The quantitative estimate of drug-likeness (QED) is 0.649. The van der Waals surface area contributed by atoms with Gasteiger partial charge >= 0.3 is 0 Å². The molecule has 0 fully saturated rings. The van der Waals surface area contributed by atoms with Gasteiger partial charge in [-0.1, -0.05) is 23.8 Å². The number of carbonyl (C=O) groups is 2. The minimum atomic E-state index is -1.13. The predicted octanol–water partition coefficient (Wildman–Crippen LogP) is 4.73. The summed E-state index contributed by atoms with van der Waals surface area (Å²) in [5.74, 6) is -3.39. The third-order valence-electron chi connectivity index (χ3n) is 4.33. The van der Waals surface area contributed by atoms with Crippen LogP contribution in [0.25, 0.3) is 5.57 Å². The molecule has 0 bridgehead atoms. The first-order valence-corrected chi connectivity index (χ1v) is 9.29. The lowest BCUT2D eigenvalue weighted by molar-refractivity contribution is -0.120. The fourth-order valence-corrected chi connectivity index (χ4v) is 3.70. The van der Waals surface area contributed by atoms with Gasteiger partial charge in [0.1, 0.15) is 5.70 Å². The zero-order valence-electron chi connectivity index (χ0n) is 14.7. The summed E-state index contributed by atoms with van der Waals surface area (Å²) in [6.07, 6.45) is 0. The molecule has 2 amide bonds. The molecule has 1 N–H and O–H groups in total. The molecule has 0 atom stereocenters. The molecule has 2 aromatic carbocycles. The number of imide groups is 1. The SMILES string of the molecule is Cc1ccc(NC2=C(c3cccs3)C(=O)N(c3ccc(F)c(F)c3)C2=O)cc1. The summed E-state index contributed by atoms with van der Waals surface area (Å²) in [6, 6.07) is 13.8. The average Bonchev–Trinajstić information content (AvgIpc) is 3.27. The van der Waals surface area contributed by atoms with E-state index in [-0.39, 0.29) is 17.0 Å². The van der Waals surface area contributed by atoms with Crippen LogP contribution in [0.3, 0.4) is 0 Å². The minimum absolute atomic E-state index is 0.0244. The van der Waals surface area contributed by atoms with Gasteiger partial charge in [0, 0.05) is 16.6 Å². The molecule has 0 spiro atoms. The van der Waals surface area contributed by atoms with Crippen molar-refractivity contribution in [2.45, 2.75) is 6.92 Å². The number of amides is 2. The molecule has 1 aliphatic rings. The monoisotopic (exact) mass is 396 g/mol. The second kappa shape index (κ2) is 7.01. The molecule has 4 nitrogen and oxygen atoms in total. The van der Waals surface area contributed by atoms with E-state index in [4.69, 9.17) is 0 Å². The van der Waals surface area contributed by atoms with Crippen LogP contribution in [0.1, 0.15) is 10.4 Å². The molecule has 1 aliphatic heterocycles. The summed E-state index contributed by atoms with van der Waals surface area (Å²) < 4.78 is 27.0. The Labute approximate surface area is 163 Å². The highest BCUT2D eigenvalue weighted by molar-refractivity contribution is 7.11. The molecule has 140 valence electrons. The predicted molar refractivity (Wildman–Crippen MR) is 105 cm³/mol. The highest BCUT2D eigenvalue weighted by Crippen LogP contribution is 2.35. The number of thiophene rings is 1. The van der Waals surface area contributed by atoms with Crippen molar-refractivity contribution >= 4 is 40.1 Å². The van der Waals surface area contributed by atoms with Gasteiger partial charge in [-0.25, -0.2) is 13.7 Å². The van der Waals surface area contributed by atoms with E-state index < -0.39 is 23.4 Å². The van der Waals surface area contributed by atoms with Crippen molar-refractivity contribution < 1.29 is 18.4 Å². The van der Waals surface area contributed by atoms with Gasteiger partial charge < -0.3 is 5.32 Å². The summed E-state index contributed by atoms with van der Waals surface area (Å²) in [5.41, 5.74) is 1.97. The van der Waals surface area contributed by atoms with E-state index in [1.807, 2.05) is 19.1 Å². The van der Waals surface area contributed by atoms with Crippen LogP contribution in [0.15, 0.2) is 65.7 Å². The number of rotatable bonds is 4. The summed E-state index contributed by atoms with van der Waals surface area (Å²) >= 11 is 1.31. The van der Waals surface area contributed by atoms with Crippen molar-refractivity contribution in [3.8, 4) is 0 Å². The van der Waals surface area contributed by atoms with Gasteiger partial charge in [-0.15, -0.1) is 11.3 Å². The van der Waals surface area contributed by atoms with Gasteiger partial charge in [0.15, 0.2) is 11.6 Å². The molecular formula is C21H14F2N2O2S. The molecule has 0 saturated carbocycles. The first-order chi connectivity index (χ1) is 13.5. The maximum absolute atomic E-state index is 13.7. The zero-order valence-corrected chi connectivity index (χ0v) is 15.5. The first kappa shape index (κ1) is 18.1. The van der Waals surface area contributed by atoms with Gasteiger partial charge in [-0.05, 0) is 42.6 Å². The van der Waals surface area contributed by atoms with Crippen LogP contribution in [0.5, 0.6) is 0 Å². The maximum Gasteiger partial charge on any atom is 0.282 e. The lowest BCUT2D eigenvalue weighted by Gasteiger charge is -2.15. The second-order valence-electron chi connectivity index (χ2n) is 6.26. The summed E-state index contributed by atoms with van der Waals surface area (Å²) in [7, 11) is 0. The van der Waals surface area contributed by atoms with E-state index in [0.717, 1.165) is 22.6 Å². The van der Waals surface area contributed by atoms with Gasteiger partial charge in [-0.3, -0.25) is 9.59 Å². The molecular weight excluding hydrogens is 382 g/mol. The fourth-order valence-electron chi connectivity index (χ4n) is 2.93. The fraction of sp³-hybridized carbons (Fsp3) is 0.0476. The molecule has 0 unspecified atom stereocenters. The molecule has 0 aliphatic carbocycles. The highest BCUT2D eigenvalue weighted by atomic mass is 32.1. The third-order valence-corrected chi connectivity index (χ3v) is 5.22. The topological polar surface area (TPSA) is 49.4 Å². The first-order valence-electron chi connectivity index (χ1n) is 8.41. The van der Waals surface area contributed by atoms with Crippen molar-refractivity contribution in [3.05, 3.63) is 87.7 Å². The Morgan fingerprint density at radius 3 is 2.32 bits per heavy atom. The van der Waals surface area contributed by atoms with Crippen molar-refractivity contribution in [2.24, 2.45) is 0 Å². The summed E-state index contributed by atoms with van der Waals surface area (Å²) in [6.45, 7) is 1.94. The number of hydrogen-bond acceptors (Lipinski definition) is 4. The Hall–Kier alpha value is -3.32. The van der Waals surface area contributed by atoms with Gasteiger partial charge in [0.2, 0.25) is 0 Å². The van der Waals surface area contributed by atoms with Crippen molar-refractivity contribution in [1.82, 2.24) is 0 Å². The smallest absolute Gasteiger partial charge is 0.282 e. The molecule has 3 aromatic rings. The average molecular weight is 396 g/mol. The molecule has 7 heteroatoms. The molecule has 0 saturated heterocycles. The molecule has 28 heavy (non-hydrogen) atoms. The Morgan fingerprint density at radius 2 is 1.68 bits per heavy atom. The molecule has 4 rings (SSSR count). The van der Waals surface area contributed by atoms with Crippen LogP contribution in [0, 0.1) is 18.6 Å². The van der Waals surface area contributed by atoms with E-state index in [0.29, 0.717) is 10.6 Å². The molecule has 1 aromatic heterocycles. The Bertz CT molecular complexity index is 1110. The number of halogens is 2. The standard InChI is InChI=1S/C21H14F2N2O2S/c1-12-4-6-13(7-5-12)24-19-18(17-3-2-10-28-17)20(26)25(21(19)27)14-8-9-15(22)16(23)11-14/h2-11,24H,1H3. The Balaban J connectivity index is 1.79. The zero-order chi connectivity index (χ0) is 19.8. The van der Waals surface area contributed by atoms with Crippen LogP contribution >= 0.6 is 11.3 Å². The number of anilines is 2. The normalized spacial score (nSPS) is 14.2. The largest absolute Gasteiger partial charge is 0.350 e. The number of nitrogens with zero attached hydrogens (tertiary/aromatic N) is 1. The third kappa shape index (κ3) is 3.10.